The molecule has 0 aromatic rings. The molecule has 0 bridgehead atoms. The molecular weight excluding hydrogens is 268 g/mol. The first-order valence-electron chi connectivity index (χ1n) is 8.34. The van der Waals surface area contributed by atoms with Crippen molar-refractivity contribution in [2.45, 2.75) is 78.2 Å². The molecule has 0 aromatic carbocycles. The average Bonchev–Trinajstić information content (AvgIpc) is 2.46. The van der Waals surface area contributed by atoms with Gasteiger partial charge in [0.25, 0.3) is 0 Å². The van der Waals surface area contributed by atoms with Gasteiger partial charge >= 0.3 is 11.9 Å². The molecule has 1 unspecified atom stereocenters. The van der Waals surface area contributed by atoms with Crippen LogP contribution < -0.4 is 0 Å². The number of ether oxygens (including phenoxy) is 2. The SMILES string of the molecule is CC(C)C(C)OC(=O)CCCC(=O)OCC1CCCCC1. The van der Waals surface area contributed by atoms with Crippen LogP contribution in [0.2, 0.25) is 0 Å². The van der Waals surface area contributed by atoms with Gasteiger partial charge in [0, 0.05) is 12.8 Å². The average molecular weight is 298 g/mol. The van der Waals surface area contributed by atoms with Crippen LogP contribution in [0.1, 0.15) is 72.1 Å². The number of hydrogen-bond acceptors (Lipinski definition) is 4. The molecule has 1 aliphatic carbocycles. The van der Waals surface area contributed by atoms with E-state index in [0.29, 0.717) is 31.3 Å². The normalized spacial score (nSPS) is 17.5. The monoisotopic (exact) mass is 298 g/mol. The third-order valence-electron chi connectivity index (χ3n) is 4.22. The van der Waals surface area contributed by atoms with E-state index < -0.39 is 0 Å². The molecule has 4 heteroatoms. The Hall–Kier alpha value is -1.06. The van der Waals surface area contributed by atoms with Gasteiger partial charge in [0.2, 0.25) is 0 Å². The number of rotatable bonds is 8. The van der Waals surface area contributed by atoms with Crippen molar-refractivity contribution in [3.05, 3.63) is 0 Å². The molecule has 0 heterocycles. The second-order valence-corrected chi connectivity index (χ2v) is 6.48. The maximum absolute atomic E-state index is 11.6. The van der Waals surface area contributed by atoms with E-state index in [0.717, 1.165) is 0 Å². The van der Waals surface area contributed by atoms with Gasteiger partial charge < -0.3 is 9.47 Å². The molecule has 0 radical (unpaired) electrons. The Morgan fingerprint density at radius 3 is 2.24 bits per heavy atom. The molecule has 1 fully saturated rings. The lowest BCUT2D eigenvalue weighted by Crippen LogP contribution is -2.20. The van der Waals surface area contributed by atoms with Crippen molar-refractivity contribution in [3.8, 4) is 0 Å². The van der Waals surface area contributed by atoms with Gasteiger partial charge in [-0.3, -0.25) is 9.59 Å². The number of esters is 2. The van der Waals surface area contributed by atoms with Crippen molar-refractivity contribution in [2.75, 3.05) is 6.61 Å². The fourth-order valence-corrected chi connectivity index (χ4v) is 2.42. The predicted octanol–water partition coefficient (Wildman–Crippen LogP) is 3.87. The Morgan fingerprint density at radius 2 is 1.62 bits per heavy atom. The molecule has 21 heavy (non-hydrogen) atoms. The van der Waals surface area contributed by atoms with E-state index in [1.165, 1.54) is 32.1 Å². The molecule has 0 amide bonds. The summed E-state index contributed by atoms with van der Waals surface area (Å²) in [6.07, 6.45) is 7.18. The minimum atomic E-state index is -0.226. The smallest absolute Gasteiger partial charge is 0.306 e. The van der Waals surface area contributed by atoms with Crippen molar-refractivity contribution in [2.24, 2.45) is 11.8 Å². The van der Waals surface area contributed by atoms with E-state index in [2.05, 4.69) is 0 Å². The van der Waals surface area contributed by atoms with Crippen molar-refractivity contribution in [1.29, 1.82) is 0 Å². The van der Waals surface area contributed by atoms with Crippen LogP contribution in [0.4, 0.5) is 0 Å². The Labute approximate surface area is 128 Å². The summed E-state index contributed by atoms with van der Waals surface area (Å²) in [5, 5.41) is 0. The van der Waals surface area contributed by atoms with Gasteiger partial charge in [-0.1, -0.05) is 33.1 Å². The standard InChI is InChI=1S/C17H30O4/c1-13(2)14(3)21-17(19)11-7-10-16(18)20-12-15-8-5-4-6-9-15/h13-15H,4-12H2,1-3H3. The summed E-state index contributed by atoms with van der Waals surface area (Å²) >= 11 is 0. The Morgan fingerprint density at radius 1 is 1.00 bits per heavy atom. The lowest BCUT2D eigenvalue weighted by atomic mass is 9.90. The molecule has 0 aromatic heterocycles. The zero-order valence-corrected chi connectivity index (χ0v) is 13.7. The fourth-order valence-electron chi connectivity index (χ4n) is 2.42. The summed E-state index contributed by atoms with van der Waals surface area (Å²) in [5.41, 5.74) is 0. The number of carbonyl (C=O) groups is 2. The highest BCUT2D eigenvalue weighted by Crippen LogP contribution is 2.23. The predicted molar refractivity (Wildman–Crippen MR) is 81.8 cm³/mol. The highest BCUT2D eigenvalue weighted by molar-refractivity contribution is 5.72. The first kappa shape index (κ1) is 18.0. The summed E-state index contributed by atoms with van der Waals surface area (Å²) in [7, 11) is 0. The van der Waals surface area contributed by atoms with Gasteiger partial charge in [0.05, 0.1) is 6.61 Å². The summed E-state index contributed by atoms with van der Waals surface area (Å²) in [6.45, 7) is 6.47. The Balaban J connectivity index is 2.05. The molecule has 1 rings (SSSR count). The van der Waals surface area contributed by atoms with Crippen molar-refractivity contribution < 1.29 is 19.1 Å². The van der Waals surface area contributed by atoms with Gasteiger partial charge in [0.1, 0.15) is 6.10 Å². The number of carbonyl (C=O) groups excluding carboxylic acids is 2. The van der Waals surface area contributed by atoms with Crippen LogP contribution >= 0.6 is 0 Å². The molecular formula is C17H30O4. The molecule has 1 aliphatic rings. The maximum atomic E-state index is 11.6. The highest BCUT2D eigenvalue weighted by atomic mass is 16.5. The van der Waals surface area contributed by atoms with Crippen molar-refractivity contribution in [1.82, 2.24) is 0 Å². The van der Waals surface area contributed by atoms with Crippen LogP contribution in [-0.2, 0) is 19.1 Å². The molecule has 0 N–H and O–H groups in total. The molecule has 1 saturated carbocycles. The molecule has 0 spiro atoms. The second kappa shape index (κ2) is 9.80. The van der Waals surface area contributed by atoms with Gasteiger partial charge in [-0.2, -0.15) is 0 Å². The summed E-state index contributed by atoms with van der Waals surface area (Å²) < 4.78 is 10.5. The first-order chi connectivity index (χ1) is 9.99. The van der Waals surface area contributed by atoms with Crippen LogP contribution in [0.3, 0.4) is 0 Å². The molecule has 0 aliphatic heterocycles. The van der Waals surface area contributed by atoms with E-state index >= 15 is 0 Å². The largest absolute Gasteiger partial charge is 0.465 e. The molecule has 1 atom stereocenters. The van der Waals surface area contributed by atoms with Gasteiger partial charge in [0.15, 0.2) is 0 Å². The van der Waals surface area contributed by atoms with E-state index in [4.69, 9.17) is 9.47 Å². The minimum Gasteiger partial charge on any atom is -0.465 e. The zero-order valence-electron chi connectivity index (χ0n) is 13.7. The van der Waals surface area contributed by atoms with E-state index in [-0.39, 0.29) is 24.5 Å². The topological polar surface area (TPSA) is 52.6 Å². The lowest BCUT2D eigenvalue weighted by molar-refractivity contribution is -0.150. The van der Waals surface area contributed by atoms with E-state index in [9.17, 15) is 9.59 Å². The lowest BCUT2D eigenvalue weighted by Gasteiger charge is -2.21. The Kier molecular flexibility index (Phi) is 8.40. The van der Waals surface area contributed by atoms with Crippen LogP contribution in [0.5, 0.6) is 0 Å². The van der Waals surface area contributed by atoms with E-state index in [1.807, 2.05) is 20.8 Å². The van der Waals surface area contributed by atoms with Crippen LogP contribution in [0.25, 0.3) is 0 Å². The quantitative estimate of drug-likeness (QED) is 0.638. The van der Waals surface area contributed by atoms with Gasteiger partial charge in [-0.05, 0) is 38.0 Å². The van der Waals surface area contributed by atoms with Gasteiger partial charge in [-0.15, -0.1) is 0 Å². The fraction of sp³-hybridized carbons (Fsp3) is 0.882. The summed E-state index contributed by atoms with van der Waals surface area (Å²) in [5.74, 6) is 0.440. The first-order valence-corrected chi connectivity index (χ1v) is 8.34. The molecule has 122 valence electrons. The van der Waals surface area contributed by atoms with Crippen molar-refractivity contribution in [3.63, 3.8) is 0 Å². The van der Waals surface area contributed by atoms with E-state index in [1.54, 1.807) is 0 Å². The third-order valence-corrected chi connectivity index (χ3v) is 4.22. The highest BCUT2D eigenvalue weighted by Gasteiger charge is 2.16. The van der Waals surface area contributed by atoms with Crippen LogP contribution in [-0.4, -0.2) is 24.6 Å². The van der Waals surface area contributed by atoms with Crippen molar-refractivity contribution >= 4 is 11.9 Å². The molecule has 4 nitrogen and oxygen atoms in total. The van der Waals surface area contributed by atoms with Crippen LogP contribution in [0.15, 0.2) is 0 Å². The zero-order chi connectivity index (χ0) is 15.7. The Bertz CT molecular complexity index is 319. The summed E-state index contributed by atoms with van der Waals surface area (Å²) in [6, 6.07) is 0. The van der Waals surface area contributed by atoms with Gasteiger partial charge in [-0.25, -0.2) is 0 Å². The maximum Gasteiger partial charge on any atom is 0.306 e. The third kappa shape index (κ3) is 8.08. The summed E-state index contributed by atoms with van der Waals surface area (Å²) in [4.78, 5) is 23.2. The second-order valence-electron chi connectivity index (χ2n) is 6.48. The van der Waals surface area contributed by atoms with Crippen LogP contribution in [0, 0.1) is 11.8 Å². The minimum absolute atomic E-state index is 0.0734. The number of hydrogen-bond donors (Lipinski definition) is 0. The molecule has 0 saturated heterocycles.